The van der Waals surface area contributed by atoms with Crippen molar-refractivity contribution in [2.45, 2.75) is 13.5 Å². The lowest BCUT2D eigenvalue weighted by Gasteiger charge is -2.02. The van der Waals surface area contributed by atoms with Crippen LogP contribution < -0.4 is 11.1 Å². The second-order valence-corrected chi connectivity index (χ2v) is 5.06. The largest absolute Gasteiger partial charge is 0.384 e. The summed E-state index contributed by atoms with van der Waals surface area (Å²) in [4.78, 5) is 13.6. The maximum atomic E-state index is 11.8. The number of carbonyl (C=O) groups is 1. The van der Waals surface area contributed by atoms with E-state index < -0.39 is 0 Å². The lowest BCUT2D eigenvalue weighted by atomic mass is 10.3. The van der Waals surface area contributed by atoms with Gasteiger partial charge in [-0.3, -0.25) is 9.48 Å². The molecule has 0 aliphatic carbocycles. The molecule has 0 saturated carbocycles. The molecule has 2 aromatic rings. The second kappa shape index (κ2) is 4.58. The van der Waals surface area contributed by atoms with E-state index in [1.807, 2.05) is 19.1 Å². The second-order valence-electron chi connectivity index (χ2n) is 3.77. The summed E-state index contributed by atoms with van der Waals surface area (Å²) in [7, 11) is 1.77. The van der Waals surface area contributed by atoms with Gasteiger partial charge >= 0.3 is 0 Å². The molecule has 17 heavy (non-hydrogen) atoms. The minimum absolute atomic E-state index is 0.0775. The maximum absolute atomic E-state index is 11.8. The highest BCUT2D eigenvalue weighted by Gasteiger charge is 2.09. The van der Waals surface area contributed by atoms with Crippen LogP contribution in [0.15, 0.2) is 18.3 Å². The Balaban J connectivity index is 1.99. The summed E-state index contributed by atoms with van der Waals surface area (Å²) in [5.74, 6) is 0.499. The summed E-state index contributed by atoms with van der Waals surface area (Å²) in [5, 5.41) is 6.83. The summed E-state index contributed by atoms with van der Waals surface area (Å²) >= 11 is 1.48. The number of thiophene rings is 1. The van der Waals surface area contributed by atoms with Crippen LogP contribution in [0.1, 0.15) is 20.1 Å². The molecular weight excluding hydrogens is 236 g/mol. The lowest BCUT2D eigenvalue weighted by Crippen LogP contribution is -2.22. The van der Waals surface area contributed by atoms with E-state index in [1.165, 1.54) is 11.3 Å². The molecule has 0 aromatic carbocycles. The van der Waals surface area contributed by atoms with Gasteiger partial charge in [-0.25, -0.2) is 0 Å². The number of nitrogens with two attached hydrogens (primary N) is 1. The van der Waals surface area contributed by atoms with Gasteiger partial charge in [-0.1, -0.05) is 0 Å². The fourth-order valence-corrected chi connectivity index (χ4v) is 2.23. The molecule has 2 rings (SSSR count). The third-order valence-corrected chi connectivity index (χ3v) is 3.47. The molecule has 6 heteroatoms. The highest BCUT2D eigenvalue weighted by Crippen LogP contribution is 2.15. The Bertz CT molecular complexity index is 543. The van der Waals surface area contributed by atoms with Gasteiger partial charge in [-0.15, -0.1) is 11.3 Å². The summed E-state index contributed by atoms with van der Waals surface area (Å²) < 4.78 is 1.58. The van der Waals surface area contributed by atoms with E-state index >= 15 is 0 Å². The zero-order chi connectivity index (χ0) is 12.4. The van der Waals surface area contributed by atoms with Crippen LogP contribution in [0.4, 0.5) is 5.82 Å². The molecule has 0 radical (unpaired) electrons. The highest BCUT2D eigenvalue weighted by molar-refractivity contribution is 7.13. The van der Waals surface area contributed by atoms with Crippen LogP contribution in [-0.2, 0) is 13.6 Å². The monoisotopic (exact) mass is 250 g/mol. The Labute approximate surface area is 103 Å². The van der Waals surface area contributed by atoms with Crippen molar-refractivity contribution >= 4 is 23.1 Å². The summed E-state index contributed by atoms with van der Waals surface area (Å²) in [6.45, 7) is 2.37. The molecule has 0 spiro atoms. The van der Waals surface area contributed by atoms with Crippen molar-refractivity contribution in [1.29, 1.82) is 0 Å². The van der Waals surface area contributed by atoms with Crippen LogP contribution in [0.2, 0.25) is 0 Å². The Morgan fingerprint density at radius 1 is 1.59 bits per heavy atom. The zero-order valence-corrected chi connectivity index (χ0v) is 10.5. The van der Waals surface area contributed by atoms with Gasteiger partial charge in [-0.05, 0) is 19.1 Å². The van der Waals surface area contributed by atoms with E-state index in [0.717, 1.165) is 10.4 Å². The molecular formula is C11H14N4OS. The fourth-order valence-electron chi connectivity index (χ4n) is 1.45. The molecule has 0 saturated heterocycles. The van der Waals surface area contributed by atoms with E-state index in [0.29, 0.717) is 17.2 Å². The number of amides is 1. The van der Waals surface area contributed by atoms with E-state index in [9.17, 15) is 4.79 Å². The van der Waals surface area contributed by atoms with Gasteiger partial charge < -0.3 is 11.1 Å². The van der Waals surface area contributed by atoms with E-state index in [1.54, 1.807) is 17.9 Å². The number of aromatic nitrogens is 2. The van der Waals surface area contributed by atoms with Crippen molar-refractivity contribution < 1.29 is 4.79 Å². The first kappa shape index (κ1) is 11.7. The third-order valence-electron chi connectivity index (χ3n) is 2.47. The molecule has 0 fully saturated rings. The average molecular weight is 250 g/mol. The molecule has 0 unspecified atom stereocenters. The fraction of sp³-hybridized carbons (Fsp3) is 0.273. The number of hydrogen-bond acceptors (Lipinski definition) is 4. The van der Waals surface area contributed by atoms with Crippen LogP contribution >= 0.6 is 11.3 Å². The standard InChI is InChI=1S/C11H14N4OS/c1-7-3-4-9(17-7)11(16)13-5-8-6-14-15(2)10(8)12/h3-4,6H,5,12H2,1-2H3,(H,13,16). The number of anilines is 1. The van der Waals surface area contributed by atoms with Crippen molar-refractivity contribution in [1.82, 2.24) is 15.1 Å². The third kappa shape index (κ3) is 2.47. The van der Waals surface area contributed by atoms with Crippen molar-refractivity contribution in [2.24, 2.45) is 7.05 Å². The van der Waals surface area contributed by atoms with Gasteiger partial charge in [0, 0.05) is 24.0 Å². The number of carbonyl (C=O) groups excluding carboxylic acids is 1. The predicted molar refractivity (Wildman–Crippen MR) is 67.8 cm³/mol. The van der Waals surface area contributed by atoms with Gasteiger partial charge in [-0.2, -0.15) is 5.10 Å². The molecule has 0 aliphatic heterocycles. The Morgan fingerprint density at radius 3 is 2.88 bits per heavy atom. The minimum Gasteiger partial charge on any atom is -0.384 e. The van der Waals surface area contributed by atoms with Crippen LogP contribution in [0.5, 0.6) is 0 Å². The Hall–Kier alpha value is -1.82. The van der Waals surface area contributed by atoms with Crippen molar-refractivity contribution in [3.8, 4) is 0 Å². The SMILES string of the molecule is Cc1ccc(C(=O)NCc2cnn(C)c2N)s1. The topological polar surface area (TPSA) is 72.9 Å². The summed E-state index contributed by atoms with van der Waals surface area (Å²) in [6, 6.07) is 3.75. The number of rotatable bonds is 3. The van der Waals surface area contributed by atoms with E-state index in [2.05, 4.69) is 10.4 Å². The number of aryl methyl sites for hydroxylation is 2. The van der Waals surface area contributed by atoms with Crippen molar-refractivity contribution in [2.75, 3.05) is 5.73 Å². The van der Waals surface area contributed by atoms with Crippen LogP contribution in [0, 0.1) is 6.92 Å². The molecule has 2 aromatic heterocycles. The van der Waals surface area contributed by atoms with Crippen LogP contribution in [-0.4, -0.2) is 15.7 Å². The van der Waals surface area contributed by atoms with Gasteiger partial charge in [0.15, 0.2) is 0 Å². The Morgan fingerprint density at radius 2 is 2.35 bits per heavy atom. The first-order valence-corrected chi connectivity index (χ1v) is 6.00. The smallest absolute Gasteiger partial charge is 0.261 e. The molecule has 1 amide bonds. The average Bonchev–Trinajstić information content (AvgIpc) is 2.86. The van der Waals surface area contributed by atoms with Crippen molar-refractivity contribution in [3.05, 3.63) is 33.6 Å². The minimum atomic E-state index is -0.0775. The first-order valence-electron chi connectivity index (χ1n) is 5.19. The van der Waals surface area contributed by atoms with Gasteiger partial charge in [0.25, 0.3) is 5.91 Å². The number of nitrogen functional groups attached to an aromatic ring is 1. The molecule has 0 bridgehead atoms. The van der Waals surface area contributed by atoms with E-state index in [-0.39, 0.29) is 5.91 Å². The lowest BCUT2D eigenvalue weighted by molar-refractivity contribution is 0.0955. The quantitative estimate of drug-likeness (QED) is 0.862. The number of hydrogen-bond donors (Lipinski definition) is 2. The van der Waals surface area contributed by atoms with Crippen molar-refractivity contribution in [3.63, 3.8) is 0 Å². The maximum Gasteiger partial charge on any atom is 0.261 e. The highest BCUT2D eigenvalue weighted by atomic mass is 32.1. The molecule has 3 N–H and O–H groups in total. The zero-order valence-electron chi connectivity index (χ0n) is 9.73. The normalized spacial score (nSPS) is 10.5. The van der Waals surface area contributed by atoms with Gasteiger partial charge in [0.2, 0.25) is 0 Å². The number of nitrogens with zero attached hydrogens (tertiary/aromatic N) is 2. The molecule has 5 nitrogen and oxygen atoms in total. The summed E-state index contributed by atoms with van der Waals surface area (Å²) in [5.41, 5.74) is 6.61. The molecule has 0 aliphatic rings. The molecule has 0 atom stereocenters. The van der Waals surface area contributed by atoms with Gasteiger partial charge in [0.05, 0.1) is 11.1 Å². The number of nitrogens with one attached hydrogen (secondary N) is 1. The van der Waals surface area contributed by atoms with Gasteiger partial charge in [0.1, 0.15) is 5.82 Å². The predicted octanol–water partition coefficient (Wildman–Crippen LogP) is 1.30. The molecule has 2 heterocycles. The van der Waals surface area contributed by atoms with E-state index in [4.69, 9.17) is 5.73 Å². The van der Waals surface area contributed by atoms with Crippen LogP contribution in [0.3, 0.4) is 0 Å². The molecule has 90 valence electrons. The van der Waals surface area contributed by atoms with Crippen LogP contribution in [0.25, 0.3) is 0 Å². The first-order chi connectivity index (χ1) is 8.08. The summed E-state index contributed by atoms with van der Waals surface area (Å²) in [6.07, 6.45) is 1.66. The Kier molecular flexibility index (Phi) is 3.14.